The van der Waals surface area contributed by atoms with Gasteiger partial charge in [0.05, 0.1) is 11.6 Å². The molecule has 166 valence electrons. The van der Waals surface area contributed by atoms with Crippen molar-refractivity contribution in [2.45, 2.75) is 53.2 Å². The molecule has 1 unspecified atom stereocenters. The summed E-state index contributed by atoms with van der Waals surface area (Å²) in [7, 11) is 0. The predicted octanol–water partition coefficient (Wildman–Crippen LogP) is 2.25. The van der Waals surface area contributed by atoms with Gasteiger partial charge in [-0.25, -0.2) is 4.79 Å². The van der Waals surface area contributed by atoms with Crippen LogP contribution in [0.15, 0.2) is 33.9 Å². The third-order valence-corrected chi connectivity index (χ3v) is 4.68. The van der Waals surface area contributed by atoms with Crippen molar-refractivity contribution < 1.29 is 9.53 Å². The van der Waals surface area contributed by atoms with Crippen LogP contribution in [0.25, 0.3) is 0 Å². The van der Waals surface area contributed by atoms with Crippen LogP contribution >= 0.6 is 0 Å². The molecular formula is C22H29N5O4. The number of carbonyl (C=O) groups excluding carboxylic acids is 1. The lowest BCUT2D eigenvalue weighted by molar-refractivity contribution is -0.124. The SMILES string of the molecule is CCCCn1c(N)c(N(CC(C)C)C(=O)C(C)Oc2ccc(C#N)cc2)c(=O)[nH]c1=O. The summed E-state index contributed by atoms with van der Waals surface area (Å²) in [5.74, 6) is -0.0576. The molecule has 0 fully saturated rings. The Morgan fingerprint density at radius 1 is 1.26 bits per heavy atom. The maximum absolute atomic E-state index is 13.3. The first-order chi connectivity index (χ1) is 14.7. The minimum Gasteiger partial charge on any atom is -0.481 e. The molecule has 0 bridgehead atoms. The summed E-state index contributed by atoms with van der Waals surface area (Å²) < 4.78 is 7.02. The number of benzene rings is 1. The molecule has 3 N–H and O–H groups in total. The molecule has 9 nitrogen and oxygen atoms in total. The summed E-state index contributed by atoms with van der Waals surface area (Å²) in [6.45, 7) is 7.93. The average Bonchev–Trinajstić information content (AvgIpc) is 2.72. The molecule has 0 saturated heterocycles. The van der Waals surface area contributed by atoms with Gasteiger partial charge in [0.2, 0.25) is 0 Å². The van der Waals surface area contributed by atoms with Crippen LogP contribution in [0.1, 0.15) is 46.1 Å². The summed E-state index contributed by atoms with van der Waals surface area (Å²) in [6.07, 6.45) is 0.609. The Morgan fingerprint density at radius 2 is 1.90 bits per heavy atom. The van der Waals surface area contributed by atoms with Gasteiger partial charge >= 0.3 is 5.69 Å². The quantitative estimate of drug-likeness (QED) is 0.630. The van der Waals surface area contributed by atoms with E-state index in [2.05, 4.69) is 4.98 Å². The van der Waals surface area contributed by atoms with Gasteiger partial charge < -0.3 is 15.4 Å². The summed E-state index contributed by atoms with van der Waals surface area (Å²) in [5.41, 5.74) is 5.31. The van der Waals surface area contributed by atoms with Crippen molar-refractivity contribution in [1.82, 2.24) is 9.55 Å². The number of H-pyrrole nitrogens is 1. The zero-order chi connectivity index (χ0) is 23.1. The molecule has 0 radical (unpaired) electrons. The molecule has 0 aliphatic carbocycles. The first-order valence-electron chi connectivity index (χ1n) is 10.3. The van der Waals surface area contributed by atoms with Crippen molar-refractivity contribution >= 4 is 17.4 Å². The van der Waals surface area contributed by atoms with Crippen molar-refractivity contribution in [1.29, 1.82) is 5.26 Å². The number of hydrogen-bond acceptors (Lipinski definition) is 6. The number of ether oxygens (including phenoxy) is 1. The Morgan fingerprint density at radius 3 is 2.45 bits per heavy atom. The van der Waals surface area contributed by atoms with E-state index < -0.39 is 23.3 Å². The third-order valence-electron chi connectivity index (χ3n) is 4.68. The minimum atomic E-state index is -0.929. The monoisotopic (exact) mass is 427 g/mol. The van der Waals surface area contributed by atoms with Gasteiger partial charge in [-0.15, -0.1) is 0 Å². The van der Waals surface area contributed by atoms with Crippen molar-refractivity contribution in [2.24, 2.45) is 5.92 Å². The molecular weight excluding hydrogens is 398 g/mol. The summed E-state index contributed by atoms with van der Waals surface area (Å²) in [4.78, 5) is 41.7. The number of anilines is 2. The van der Waals surface area contributed by atoms with Gasteiger partial charge in [-0.05, 0) is 43.5 Å². The van der Waals surface area contributed by atoms with Gasteiger partial charge in [0.15, 0.2) is 11.8 Å². The fourth-order valence-electron chi connectivity index (χ4n) is 3.12. The molecule has 0 aliphatic rings. The topological polar surface area (TPSA) is 134 Å². The van der Waals surface area contributed by atoms with Crippen LogP contribution in [0.3, 0.4) is 0 Å². The number of rotatable bonds is 9. The van der Waals surface area contributed by atoms with Gasteiger partial charge in [-0.3, -0.25) is 19.1 Å². The molecule has 0 aliphatic heterocycles. The molecule has 1 amide bonds. The van der Waals surface area contributed by atoms with Crippen molar-refractivity contribution in [3.63, 3.8) is 0 Å². The largest absolute Gasteiger partial charge is 0.481 e. The maximum Gasteiger partial charge on any atom is 0.330 e. The maximum atomic E-state index is 13.3. The first-order valence-corrected chi connectivity index (χ1v) is 10.3. The number of nitrogens with zero attached hydrogens (tertiary/aromatic N) is 3. The van der Waals surface area contributed by atoms with E-state index in [1.807, 2.05) is 26.8 Å². The van der Waals surface area contributed by atoms with E-state index in [-0.39, 0.29) is 24.0 Å². The standard InChI is InChI=1S/C22H29N5O4/c1-5-6-11-26-19(24)18(20(28)25-22(26)30)27(13-14(2)3)21(29)15(4)31-17-9-7-16(12-23)8-10-17/h7-10,14-15H,5-6,11,13,24H2,1-4H3,(H,25,28,30). The van der Waals surface area contributed by atoms with E-state index in [1.54, 1.807) is 31.2 Å². The third kappa shape index (κ3) is 5.75. The highest BCUT2D eigenvalue weighted by Crippen LogP contribution is 2.21. The summed E-state index contributed by atoms with van der Waals surface area (Å²) in [5, 5.41) is 8.91. The average molecular weight is 428 g/mol. The van der Waals surface area contributed by atoms with Gasteiger partial charge in [-0.2, -0.15) is 5.26 Å². The lowest BCUT2D eigenvalue weighted by Gasteiger charge is -2.28. The number of amides is 1. The molecule has 1 heterocycles. The second kappa shape index (κ2) is 10.5. The molecule has 0 saturated carbocycles. The zero-order valence-corrected chi connectivity index (χ0v) is 18.3. The Bertz CT molecular complexity index is 1060. The van der Waals surface area contributed by atoms with Crippen LogP contribution in [0.2, 0.25) is 0 Å². The normalized spacial score (nSPS) is 11.7. The molecule has 1 atom stereocenters. The van der Waals surface area contributed by atoms with Gasteiger partial charge in [0.1, 0.15) is 11.6 Å². The number of hydrogen-bond donors (Lipinski definition) is 2. The Hall–Kier alpha value is -3.54. The lowest BCUT2D eigenvalue weighted by atomic mass is 10.1. The fourth-order valence-corrected chi connectivity index (χ4v) is 3.12. The molecule has 1 aromatic heterocycles. The van der Waals surface area contributed by atoms with Crippen LogP contribution in [0.5, 0.6) is 5.75 Å². The number of carbonyl (C=O) groups is 1. The summed E-state index contributed by atoms with van der Waals surface area (Å²) >= 11 is 0. The number of unbranched alkanes of at least 4 members (excludes halogenated alkanes) is 1. The number of aromatic nitrogens is 2. The number of nitrogens with two attached hydrogens (primary N) is 1. The predicted molar refractivity (Wildman–Crippen MR) is 119 cm³/mol. The Labute approximate surface area is 181 Å². The smallest absolute Gasteiger partial charge is 0.330 e. The lowest BCUT2D eigenvalue weighted by Crippen LogP contribution is -2.47. The minimum absolute atomic E-state index is 0.0286. The fraction of sp³-hybridized carbons (Fsp3) is 0.455. The van der Waals surface area contributed by atoms with E-state index >= 15 is 0 Å². The highest BCUT2D eigenvalue weighted by atomic mass is 16.5. The van der Waals surface area contributed by atoms with Crippen LogP contribution in [-0.2, 0) is 11.3 Å². The van der Waals surface area contributed by atoms with Crippen LogP contribution < -0.4 is 26.6 Å². The molecule has 31 heavy (non-hydrogen) atoms. The first kappa shape index (κ1) is 23.7. The number of aromatic amines is 1. The highest BCUT2D eigenvalue weighted by molar-refractivity contribution is 5.98. The van der Waals surface area contributed by atoms with Crippen LogP contribution in [0.4, 0.5) is 11.5 Å². The van der Waals surface area contributed by atoms with Crippen LogP contribution in [0, 0.1) is 17.2 Å². The second-order valence-corrected chi connectivity index (χ2v) is 7.74. The number of nitriles is 1. The van der Waals surface area contributed by atoms with Crippen molar-refractivity contribution in [3.8, 4) is 11.8 Å². The molecule has 9 heteroatoms. The number of nitrogens with one attached hydrogen (secondary N) is 1. The van der Waals surface area contributed by atoms with E-state index in [4.69, 9.17) is 15.7 Å². The van der Waals surface area contributed by atoms with E-state index in [9.17, 15) is 14.4 Å². The molecule has 2 aromatic rings. The zero-order valence-electron chi connectivity index (χ0n) is 18.3. The molecule has 1 aromatic carbocycles. The van der Waals surface area contributed by atoms with Gasteiger partial charge in [0.25, 0.3) is 11.5 Å². The molecule has 2 rings (SSSR count). The van der Waals surface area contributed by atoms with Gasteiger partial charge in [-0.1, -0.05) is 27.2 Å². The van der Waals surface area contributed by atoms with Gasteiger partial charge in [0, 0.05) is 13.1 Å². The second-order valence-electron chi connectivity index (χ2n) is 7.74. The Balaban J connectivity index is 2.42. The van der Waals surface area contributed by atoms with E-state index in [1.165, 1.54) is 9.47 Å². The van der Waals surface area contributed by atoms with Crippen LogP contribution in [-0.4, -0.2) is 28.1 Å². The highest BCUT2D eigenvalue weighted by Gasteiger charge is 2.29. The van der Waals surface area contributed by atoms with E-state index in [0.717, 1.165) is 6.42 Å². The summed E-state index contributed by atoms with van der Waals surface area (Å²) in [6, 6.07) is 8.39. The molecule has 0 spiro atoms. The Kier molecular flexibility index (Phi) is 8.02. The number of nitrogen functional groups attached to an aromatic ring is 1. The van der Waals surface area contributed by atoms with Crippen molar-refractivity contribution in [2.75, 3.05) is 17.2 Å². The van der Waals surface area contributed by atoms with Crippen molar-refractivity contribution in [3.05, 3.63) is 50.7 Å². The van der Waals surface area contributed by atoms with E-state index in [0.29, 0.717) is 24.3 Å².